The van der Waals surface area contributed by atoms with Gasteiger partial charge in [-0.2, -0.15) is 0 Å². The molecule has 0 saturated carbocycles. The Balaban J connectivity index is 1.95. The lowest BCUT2D eigenvalue weighted by Crippen LogP contribution is -2.31. The van der Waals surface area contributed by atoms with Gasteiger partial charge in [-0.1, -0.05) is 0 Å². The number of amides is 1. The van der Waals surface area contributed by atoms with E-state index in [1.807, 2.05) is 12.1 Å². The van der Waals surface area contributed by atoms with Crippen LogP contribution in [0.3, 0.4) is 0 Å². The van der Waals surface area contributed by atoms with Gasteiger partial charge in [0.25, 0.3) is 11.6 Å². The number of methoxy groups -OCH3 is 2. The smallest absolute Gasteiger partial charge is 0.293 e. The molecule has 0 aliphatic carbocycles. The normalized spacial score (nSPS) is 15.9. The molecule has 1 heterocycles. The summed E-state index contributed by atoms with van der Waals surface area (Å²) >= 11 is 0. The fourth-order valence-corrected chi connectivity index (χ4v) is 3.77. The number of hydrogen-bond acceptors (Lipinski definition) is 6. The van der Waals surface area contributed by atoms with E-state index in [0.29, 0.717) is 29.3 Å². The van der Waals surface area contributed by atoms with Crippen LogP contribution < -0.4 is 14.4 Å². The summed E-state index contributed by atoms with van der Waals surface area (Å²) in [6.07, 6.45) is 1.65. The molecule has 0 N–H and O–H groups in total. The Hall–Kier alpha value is -3.29. The minimum Gasteiger partial charge on any atom is -0.497 e. The zero-order chi connectivity index (χ0) is 21.1. The van der Waals surface area contributed by atoms with Crippen LogP contribution in [-0.2, 0) is 0 Å². The number of nitrogens with zero attached hydrogens (tertiary/aromatic N) is 3. The lowest BCUT2D eigenvalue weighted by atomic mass is 10.0. The first kappa shape index (κ1) is 20.4. The molecule has 3 rings (SSSR count). The highest BCUT2D eigenvalue weighted by molar-refractivity contribution is 5.96. The summed E-state index contributed by atoms with van der Waals surface area (Å²) in [5.41, 5.74) is 1.58. The van der Waals surface area contributed by atoms with Gasteiger partial charge in [0.05, 0.1) is 25.2 Å². The largest absolute Gasteiger partial charge is 0.497 e. The lowest BCUT2D eigenvalue weighted by Gasteiger charge is -2.27. The highest BCUT2D eigenvalue weighted by atomic mass is 16.6. The molecule has 1 aliphatic rings. The molecule has 1 atom stereocenters. The van der Waals surface area contributed by atoms with Crippen molar-refractivity contribution in [2.24, 2.45) is 0 Å². The van der Waals surface area contributed by atoms with E-state index < -0.39 is 4.92 Å². The van der Waals surface area contributed by atoms with E-state index in [4.69, 9.17) is 9.47 Å². The summed E-state index contributed by atoms with van der Waals surface area (Å²) in [6.45, 7) is 0.585. The fourth-order valence-electron chi connectivity index (χ4n) is 3.77. The maximum atomic E-state index is 13.2. The number of benzene rings is 2. The van der Waals surface area contributed by atoms with E-state index in [1.165, 1.54) is 6.07 Å². The Morgan fingerprint density at radius 1 is 1.17 bits per heavy atom. The van der Waals surface area contributed by atoms with E-state index >= 15 is 0 Å². The predicted molar refractivity (Wildman–Crippen MR) is 110 cm³/mol. The van der Waals surface area contributed by atoms with Gasteiger partial charge in [-0.25, -0.2) is 0 Å². The van der Waals surface area contributed by atoms with Gasteiger partial charge in [0.2, 0.25) is 0 Å². The molecule has 1 amide bonds. The van der Waals surface area contributed by atoms with Gasteiger partial charge in [-0.15, -0.1) is 0 Å². The summed E-state index contributed by atoms with van der Waals surface area (Å²) in [5.74, 6) is 1.11. The van der Waals surface area contributed by atoms with Crippen molar-refractivity contribution in [2.75, 3.05) is 39.8 Å². The van der Waals surface area contributed by atoms with Gasteiger partial charge in [-0.05, 0) is 37.1 Å². The minimum atomic E-state index is -0.458. The Morgan fingerprint density at radius 2 is 1.93 bits per heavy atom. The van der Waals surface area contributed by atoms with Crippen molar-refractivity contribution < 1.29 is 19.2 Å². The molecule has 1 aliphatic heterocycles. The average molecular weight is 399 g/mol. The quantitative estimate of drug-likeness (QED) is 0.544. The number of nitro benzene ring substituents is 1. The molecule has 0 bridgehead atoms. The number of rotatable bonds is 6. The van der Waals surface area contributed by atoms with E-state index in [1.54, 1.807) is 56.3 Å². The first-order valence-corrected chi connectivity index (χ1v) is 9.36. The second-order valence-corrected chi connectivity index (χ2v) is 7.12. The van der Waals surface area contributed by atoms with Crippen molar-refractivity contribution in [1.82, 2.24) is 4.90 Å². The topological polar surface area (TPSA) is 85.2 Å². The molecule has 29 heavy (non-hydrogen) atoms. The molecular formula is C21H25N3O5. The fraction of sp³-hybridized carbons (Fsp3) is 0.381. The Morgan fingerprint density at radius 3 is 2.55 bits per heavy atom. The number of ether oxygens (including phenoxy) is 2. The third-order valence-electron chi connectivity index (χ3n) is 5.21. The number of hydrogen-bond donors (Lipinski definition) is 0. The first-order valence-electron chi connectivity index (χ1n) is 9.36. The van der Waals surface area contributed by atoms with Crippen LogP contribution in [0.1, 0.15) is 34.8 Å². The lowest BCUT2D eigenvalue weighted by molar-refractivity contribution is -0.384. The molecule has 154 valence electrons. The van der Waals surface area contributed by atoms with Crippen LogP contribution in [0.5, 0.6) is 11.5 Å². The molecule has 1 unspecified atom stereocenters. The Bertz CT molecular complexity index is 929. The van der Waals surface area contributed by atoms with Gasteiger partial charge in [0.1, 0.15) is 17.2 Å². The maximum Gasteiger partial charge on any atom is 0.293 e. The highest BCUT2D eigenvalue weighted by Crippen LogP contribution is 2.40. The zero-order valence-electron chi connectivity index (χ0n) is 17.0. The number of carbonyl (C=O) groups excluding carboxylic acids is 1. The summed E-state index contributed by atoms with van der Waals surface area (Å²) in [5, 5.41) is 11.5. The third-order valence-corrected chi connectivity index (χ3v) is 5.21. The molecule has 1 saturated heterocycles. The Labute approximate surface area is 169 Å². The van der Waals surface area contributed by atoms with Crippen molar-refractivity contribution in [3.8, 4) is 11.5 Å². The minimum absolute atomic E-state index is 0.0846. The van der Waals surface area contributed by atoms with Crippen LogP contribution in [0, 0.1) is 10.1 Å². The van der Waals surface area contributed by atoms with Gasteiger partial charge in [0.15, 0.2) is 0 Å². The predicted octanol–water partition coefficient (Wildman–Crippen LogP) is 3.66. The third kappa shape index (κ3) is 3.96. The molecule has 0 radical (unpaired) electrons. The van der Waals surface area contributed by atoms with Crippen molar-refractivity contribution in [2.45, 2.75) is 18.9 Å². The first-order chi connectivity index (χ1) is 13.9. The van der Waals surface area contributed by atoms with Gasteiger partial charge < -0.3 is 19.3 Å². The second-order valence-electron chi connectivity index (χ2n) is 7.12. The van der Waals surface area contributed by atoms with Crippen LogP contribution in [0.15, 0.2) is 36.4 Å². The maximum absolute atomic E-state index is 13.2. The van der Waals surface area contributed by atoms with Crippen molar-refractivity contribution in [3.63, 3.8) is 0 Å². The summed E-state index contributed by atoms with van der Waals surface area (Å²) in [4.78, 5) is 27.7. The molecular weight excluding hydrogens is 374 g/mol. The average Bonchev–Trinajstić information content (AvgIpc) is 3.21. The molecule has 1 fully saturated rings. The molecule has 2 aromatic rings. The van der Waals surface area contributed by atoms with Crippen LogP contribution in [0.2, 0.25) is 0 Å². The van der Waals surface area contributed by atoms with E-state index in [-0.39, 0.29) is 17.6 Å². The van der Waals surface area contributed by atoms with Crippen LogP contribution >= 0.6 is 0 Å². The number of nitro groups is 1. The van der Waals surface area contributed by atoms with E-state index in [0.717, 1.165) is 18.4 Å². The highest BCUT2D eigenvalue weighted by Gasteiger charge is 2.33. The molecule has 8 heteroatoms. The van der Waals surface area contributed by atoms with E-state index in [2.05, 4.69) is 0 Å². The number of anilines is 1. The number of carbonyl (C=O) groups is 1. The van der Waals surface area contributed by atoms with Crippen LogP contribution in [0.25, 0.3) is 0 Å². The van der Waals surface area contributed by atoms with Gasteiger partial charge in [-0.3, -0.25) is 14.9 Å². The van der Waals surface area contributed by atoms with Gasteiger partial charge >= 0.3 is 0 Å². The molecule has 0 aromatic heterocycles. The molecule has 2 aromatic carbocycles. The Kier molecular flexibility index (Phi) is 5.91. The van der Waals surface area contributed by atoms with Crippen molar-refractivity contribution >= 4 is 17.3 Å². The van der Waals surface area contributed by atoms with Gasteiger partial charge in [0, 0.05) is 43.9 Å². The summed E-state index contributed by atoms with van der Waals surface area (Å²) in [7, 11) is 6.64. The molecule has 8 nitrogen and oxygen atoms in total. The van der Waals surface area contributed by atoms with E-state index in [9.17, 15) is 14.9 Å². The number of likely N-dealkylation sites (tertiary alicyclic amines) is 1. The van der Waals surface area contributed by atoms with Crippen molar-refractivity contribution in [3.05, 3.63) is 57.6 Å². The SMILES string of the molecule is COc1ccc(C2CCCN2C(=O)c2ccc(N(C)C)c([N+](=O)[O-])c2)c(OC)c1. The standard InChI is InChI=1S/C21H25N3O5/c1-22(2)18-10-7-14(12-19(18)24(26)27)21(25)23-11-5-6-17(23)16-9-8-15(28-3)13-20(16)29-4/h7-10,12-13,17H,5-6,11H2,1-4H3. The van der Waals surface area contributed by atoms with Crippen LogP contribution in [-0.4, -0.2) is 50.6 Å². The monoisotopic (exact) mass is 399 g/mol. The second kappa shape index (κ2) is 8.38. The molecule has 0 spiro atoms. The summed E-state index contributed by atoms with van der Waals surface area (Å²) in [6, 6.07) is 10.0. The van der Waals surface area contributed by atoms with Crippen molar-refractivity contribution in [1.29, 1.82) is 0 Å². The zero-order valence-corrected chi connectivity index (χ0v) is 17.0. The summed E-state index contributed by atoms with van der Waals surface area (Å²) < 4.78 is 10.8. The van der Waals surface area contributed by atoms with Crippen LogP contribution in [0.4, 0.5) is 11.4 Å².